The van der Waals surface area contributed by atoms with Crippen molar-refractivity contribution in [1.82, 2.24) is 0 Å². The van der Waals surface area contributed by atoms with Crippen molar-refractivity contribution in [2.75, 3.05) is 6.61 Å². The molecule has 0 aliphatic carbocycles. The van der Waals surface area contributed by atoms with Crippen LogP contribution in [0.25, 0.3) is 22.3 Å². The Bertz CT molecular complexity index is 1410. The van der Waals surface area contributed by atoms with E-state index in [1.165, 1.54) is 56.0 Å². The molecule has 5 nitrogen and oxygen atoms in total. The lowest BCUT2D eigenvalue weighted by Gasteiger charge is -2.21. The van der Waals surface area contributed by atoms with Gasteiger partial charge in [0.2, 0.25) is 0 Å². The Hall–Kier alpha value is -3.72. The van der Waals surface area contributed by atoms with Gasteiger partial charge in [-0.1, -0.05) is 139 Å². The van der Waals surface area contributed by atoms with Crippen molar-refractivity contribution in [3.63, 3.8) is 0 Å². The fourth-order valence-electron chi connectivity index (χ4n) is 5.68. The van der Waals surface area contributed by atoms with Crippen LogP contribution in [0.15, 0.2) is 66.7 Å². The second-order valence-corrected chi connectivity index (χ2v) is 12.5. The molecule has 0 heterocycles. The number of hydrogen-bond acceptors (Lipinski definition) is 5. The Morgan fingerprint density at radius 1 is 0.653 bits per heavy atom. The third-order valence-corrected chi connectivity index (χ3v) is 8.51. The summed E-state index contributed by atoms with van der Waals surface area (Å²) in [5.41, 5.74) is 1.08. The molecule has 0 fully saturated rings. The van der Waals surface area contributed by atoms with E-state index < -0.39 is 30.0 Å². The summed E-state index contributed by atoms with van der Waals surface area (Å²) in [6.07, 6.45) is 6.32. The maximum absolute atomic E-state index is 16.2. The number of benzene rings is 3. The number of unbranched alkanes of at least 4 members (excludes halogenated alkanes) is 12. The Morgan fingerprint density at radius 3 is 1.82 bits per heavy atom. The average Bonchev–Trinajstić information content (AvgIpc) is 3.09. The second-order valence-electron chi connectivity index (χ2n) is 12.5. The highest BCUT2D eigenvalue weighted by Crippen LogP contribution is 2.37. The Kier molecular flexibility index (Phi) is 17.3. The molecule has 49 heavy (non-hydrogen) atoms. The van der Waals surface area contributed by atoms with Crippen molar-refractivity contribution in [3.8, 4) is 22.3 Å². The number of carbonyl (C=O) groups excluding carboxylic acids is 2. The molecule has 0 saturated heterocycles. The summed E-state index contributed by atoms with van der Waals surface area (Å²) in [5, 5.41) is 0. The first-order valence-electron chi connectivity index (χ1n) is 17.8. The summed E-state index contributed by atoms with van der Waals surface area (Å²) in [5.74, 6) is -2.95. The summed E-state index contributed by atoms with van der Waals surface area (Å²) >= 11 is 0. The first kappa shape index (κ1) is 39.7. The maximum Gasteiger partial charge on any atom is 0.425 e. The van der Waals surface area contributed by atoms with Crippen molar-refractivity contribution in [3.05, 3.63) is 83.7 Å². The van der Waals surface area contributed by atoms with Crippen molar-refractivity contribution in [2.45, 2.75) is 122 Å². The number of ether oxygens (including phenoxy) is 1. The summed E-state index contributed by atoms with van der Waals surface area (Å²) < 4.78 is 62.2. The van der Waals surface area contributed by atoms with Gasteiger partial charge in [0.15, 0.2) is 6.10 Å². The average molecular weight is 687 g/mol. The molecule has 0 N–H and O–H groups in total. The van der Waals surface area contributed by atoms with Crippen LogP contribution in [0.5, 0.6) is 0 Å². The standard InChI is InChI=1S/C40H50F4O5/c1-3-5-7-9-11-12-14-19-29-47-49-39(46)34-28-27-33(30-20-16-15-17-21-30)36(37(34)41)31-23-25-32(26-24-31)38(45)48-35(40(42,43)44)22-18-13-10-8-6-4-2/h15-17,20-21,23-28,35H,3-14,18-19,22,29H2,1-2H3. The maximum atomic E-state index is 16.2. The minimum Gasteiger partial charge on any atom is -0.449 e. The molecule has 3 aromatic carbocycles. The lowest BCUT2D eigenvalue weighted by atomic mass is 9.91. The van der Waals surface area contributed by atoms with Gasteiger partial charge in [0.05, 0.1) is 17.7 Å². The van der Waals surface area contributed by atoms with E-state index in [-0.39, 0.29) is 29.7 Å². The van der Waals surface area contributed by atoms with Gasteiger partial charge >= 0.3 is 18.1 Å². The Balaban J connectivity index is 1.71. The predicted octanol–water partition coefficient (Wildman–Crippen LogP) is 12.2. The number of alkyl halides is 3. The minimum absolute atomic E-state index is 0.0693. The van der Waals surface area contributed by atoms with Crippen molar-refractivity contribution in [2.24, 2.45) is 0 Å². The second kappa shape index (κ2) is 21.4. The molecule has 268 valence electrons. The van der Waals surface area contributed by atoms with Crippen molar-refractivity contribution >= 4 is 11.9 Å². The van der Waals surface area contributed by atoms with E-state index >= 15 is 4.39 Å². The van der Waals surface area contributed by atoms with E-state index in [9.17, 15) is 22.8 Å². The van der Waals surface area contributed by atoms with Crippen LogP contribution in [0.3, 0.4) is 0 Å². The number of carbonyl (C=O) groups is 2. The quantitative estimate of drug-likeness (QED) is 0.0346. The third kappa shape index (κ3) is 13.3. The molecule has 0 spiro atoms. The molecule has 3 aromatic rings. The first-order chi connectivity index (χ1) is 23.7. The summed E-state index contributed by atoms with van der Waals surface area (Å²) in [6.45, 7) is 4.44. The van der Waals surface area contributed by atoms with Gasteiger partial charge in [-0.3, -0.25) is 4.89 Å². The van der Waals surface area contributed by atoms with Crippen LogP contribution in [-0.2, 0) is 14.5 Å². The molecular formula is C40H50F4O5. The molecule has 1 unspecified atom stereocenters. The van der Waals surface area contributed by atoms with Crippen LogP contribution in [0.1, 0.15) is 131 Å². The van der Waals surface area contributed by atoms with Gasteiger partial charge in [0.25, 0.3) is 0 Å². The van der Waals surface area contributed by atoms with Crippen molar-refractivity contribution < 1.29 is 41.7 Å². The van der Waals surface area contributed by atoms with Gasteiger partial charge in [0, 0.05) is 5.56 Å². The van der Waals surface area contributed by atoms with E-state index in [4.69, 9.17) is 14.5 Å². The van der Waals surface area contributed by atoms with Gasteiger partial charge < -0.3 is 4.74 Å². The van der Waals surface area contributed by atoms with Crippen LogP contribution in [0, 0.1) is 5.82 Å². The molecule has 1 atom stereocenters. The highest BCUT2D eigenvalue weighted by Gasteiger charge is 2.42. The van der Waals surface area contributed by atoms with Gasteiger partial charge in [-0.15, -0.1) is 0 Å². The largest absolute Gasteiger partial charge is 0.449 e. The third-order valence-electron chi connectivity index (χ3n) is 8.51. The lowest BCUT2D eigenvalue weighted by Crippen LogP contribution is -2.33. The smallest absolute Gasteiger partial charge is 0.425 e. The highest BCUT2D eigenvalue weighted by molar-refractivity contribution is 5.95. The topological polar surface area (TPSA) is 61.8 Å². The monoisotopic (exact) mass is 686 g/mol. The molecule has 0 radical (unpaired) electrons. The van der Waals surface area contributed by atoms with E-state index in [0.29, 0.717) is 36.0 Å². The van der Waals surface area contributed by atoms with E-state index in [2.05, 4.69) is 13.8 Å². The zero-order valence-corrected chi connectivity index (χ0v) is 28.8. The molecule has 0 aromatic heterocycles. The Labute approximate surface area is 288 Å². The van der Waals surface area contributed by atoms with E-state index in [1.807, 2.05) is 6.07 Å². The summed E-state index contributed by atoms with van der Waals surface area (Å²) in [4.78, 5) is 35.7. The highest BCUT2D eigenvalue weighted by atomic mass is 19.4. The fraction of sp³-hybridized carbons (Fsp3) is 0.500. The number of rotatable bonds is 22. The van der Waals surface area contributed by atoms with Gasteiger partial charge in [0.1, 0.15) is 5.82 Å². The first-order valence-corrected chi connectivity index (χ1v) is 17.8. The lowest BCUT2D eigenvalue weighted by molar-refractivity contribution is -0.241. The summed E-state index contributed by atoms with van der Waals surface area (Å²) in [6, 6.07) is 17.3. The minimum atomic E-state index is -4.70. The molecule has 0 aliphatic heterocycles. The molecule has 0 bridgehead atoms. The molecule has 0 saturated carbocycles. The fourth-order valence-corrected chi connectivity index (χ4v) is 5.68. The van der Waals surface area contributed by atoms with Crippen LogP contribution in [0.2, 0.25) is 0 Å². The zero-order chi connectivity index (χ0) is 35.5. The van der Waals surface area contributed by atoms with Gasteiger partial charge in [-0.25, -0.2) is 14.0 Å². The zero-order valence-electron chi connectivity index (χ0n) is 28.8. The summed E-state index contributed by atoms with van der Waals surface area (Å²) in [7, 11) is 0. The number of hydrogen-bond donors (Lipinski definition) is 0. The Morgan fingerprint density at radius 2 is 1.22 bits per heavy atom. The van der Waals surface area contributed by atoms with Crippen LogP contribution >= 0.6 is 0 Å². The van der Waals surface area contributed by atoms with Crippen LogP contribution in [-0.4, -0.2) is 30.8 Å². The molecule has 0 amide bonds. The van der Waals surface area contributed by atoms with Crippen LogP contribution < -0.4 is 0 Å². The SMILES string of the molecule is CCCCCCCCCCOOC(=O)c1ccc(-c2ccccc2)c(-c2ccc(C(=O)OC(CCCCCCCC)C(F)(F)F)cc2)c1F. The van der Waals surface area contributed by atoms with Gasteiger partial charge in [-0.2, -0.15) is 18.1 Å². The van der Waals surface area contributed by atoms with E-state index in [1.54, 1.807) is 30.3 Å². The molecular weight excluding hydrogens is 636 g/mol. The molecule has 9 heteroatoms. The normalized spacial score (nSPS) is 12.1. The molecule has 3 rings (SSSR count). The molecule has 0 aliphatic rings. The number of esters is 1. The number of halogens is 4. The van der Waals surface area contributed by atoms with Crippen molar-refractivity contribution in [1.29, 1.82) is 0 Å². The van der Waals surface area contributed by atoms with Gasteiger partial charge in [-0.05, 0) is 54.2 Å². The van der Waals surface area contributed by atoms with E-state index in [0.717, 1.165) is 44.9 Å². The predicted molar refractivity (Wildman–Crippen MR) is 185 cm³/mol. The van der Waals surface area contributed by atoms with Crippen LogP contribution in [0.4, 0.5) is 17.6 Å².